The molecule has 0 spiro atoms. The van der Waals surface area contributed by atoms with E-state index in [-0.39, 0.29) is 24.5 Å². The molecule has 0 fully saturated rings. The number of unbranched alkanes of at least 4 members (excludes halogenated alkanes) is 22. The molecule has 0 bridgehead atoms. The normalized spacial score (nSPS) is 11.9. The zero-order chi connectivity index (χ0) is 30.9. The van der Waals surface area contributed by atoms with E-state index < -0.39 is 5.97 Å². The molecule has 1 amide bonds. The summed E-state index contributed by atoms with van der Waals surface area (Å²) >= 11 is 0. The van der Waals surface area contributed by atoms with E-state index in [1.165, 1.54) is 109 Å². The van der Waals surface area contributed by atoms with Crippen LogP contribution in [-0.4, -0.2) is 35.6 Å². The minimum atomic E-state index is -1.03. The van der Waals surface area contributed by atoms with Crippen LogP contribution < -0.4 is 5.32 Å². The van der Waals surface area contributed by atoms with Gasteiger partial charge in [-0.15, -0.1) is 0 Å². The van der Waals surface area contributed by atoms with E-state index in [2.05, 4.69) is 19.2 Å². The average molecular weight is 596 g/mol. The van der Waals surface area contributed by atoms with Crippen LogP contribution in [0.1, 0.15) is 200 Å². The molecule has 0 radical (unpaired) electrons. The summed E-state index contributed by atoms with van der Waals surface area (Å²) in [6.07, 6.45) is 34.1. The molecule has 1 atom stereocenters. The molecule has 0 aliphatic rings. The molecule has 0 heterocycles. The molecule has 6 nitrogen and oxygen atoms in total. The van der Waals surface area contributed by atoms with E-state index in [4.69, 9.17) is 9.84 Å². The van der Waals surface area contributed by atoms with Crippen molar-refractivity contribution in [3.63, 3.8) is 0 Å². The van der Waals surface area contributed by atoms with Crippen LogP contribution in [0.15, 0.2) is 0 Å². The number of carboxylic acid groups (broad SMARTS) is 1. The number of hydrogen-bond donors (Lipinski definition) is 2. The first kappa shape index (κ1) is 40.4. The van der Waals surface area contributed by atoms with Crippen molar-refractivity contribution in [3.8, 4) is 0 Å². The van der Waals surface area contributed by atoms with E-state index in [1.54, 1.807) is 0 Å². The molecule has 0 saturated carbocycles. The van der Waals surface area contributed by atoms with Crippen molar-refractivity contribution in [2.24, 2.45) is 0 Å². The Morgan fingerprint density at radius 3 is 1.33 bits per heavy atom. The topological polar surface area (TPSA) is 92.7 Å². The van der Waals surface area contributed by atoms with Crippen LogP contribution in [0.25, 0.3) is 0 Å². The average Bonchev–Trinajstić information content (AvgIpc) is 2.97. The first-order chi connectivity index (χ1) is 20.5. The fourth-order valence-electron chi connectivity index (χ4n) is 5.57. The second-order valence-electron chi connectivity index (χ2n) is 12.5. The van der Waals surface area contributed by atoms with E-state index >= 15 is 0 Å². The van der Waals surface area contributed by atoms with Crippen LogP contribution in [-0.2, 0) is 19.1 Å². The summed E-state index contributed by atoms with van der Waals surface area (Å²) in [5, 5.41) is 11.0. The second-order valence-corrected chi connectivity index (χ2v) is 12.5. The summed E-state index contributed by atoms with van der Waals surface area (Å²) in [6.45, 7) is 4.13. The van der Waals surface area contributed by atoms with E-state index in [9.17, 15) is 14.4 Å². The van der Waals surface area contributed by atoms with Crippen molar-refractivity contribution in [2.45, 2.75) is 206 Å². The highest BCUT2D eigenvalue weighted by atomic mass is 16.5. The summed E-state index contributed by atoms with van der Waals surface area (Å²) in [4.78, 5) is 34.6. The molecule has 0 aliphatic carbocycles. The minimum absolute atomic E-state index is 0.0230. The Balaban J connectivity index is 3.68. The number of esters is 1. The lowest BCUT2D eigenvalue weighted by Gasteiger charge is -2.18. The predicted molar refractivity (Wildman–Crippen MR) is 176 cm³/mol. The number of aliphatic carboxylic acids is 1. The van der Waals surface area contributed by atoms with Crippen molar-refractivity contribution in [1.82, 2.24) is 5.32 Å². The highest BCUT2D eigenvalue weighted by Crippen LogP contribution is 2.18. The Kier molecular flexibility index (Phi) is 31.1. The number of rotatable bonds is 33. The first-order valence-electron chi connectivity index (χ1n) is 18.2. The Morgan fingerprint density at radius 2 is 0.881 bits per heavy atom. The van der Waals surface area contributed by atoms with Crippen LogP contribution in [0.3, 0.4) is 0 Å². The van der Waals surface area contributed by atoms with Gasteiger partial charge in [0.1, 0.15) is 12.6 Å². The van der Waals surface area contributed by atoms with Gasteiger partial charge in [-0.2, -0.15) is 0 Å². The second kappa shape index (κ2) is 32.3. The standard InChI is InChI=1S/C36H69NO5/c1-3-5-7-8-9-10-11-12-13-14-15-16-17-18-19-20-21-22-27-31-36(41)42-33(28-24-6-4-2)29-25-23-26-30-34(38)37-32-35(39)40/h33H,3-32H2,1-2H3,(H,37,38)(H,39,40). The van der Waals surface area contributed by atoms with Crippen molar-refractivity contribution in [1.29, 1.82) is 0 Å². The van der Waals surface area contributed by atoms with Gasteiger partial charge < -0.3 is 15.2 Å². The van der Waals surface area contributed by atoms with Gasteiger partial charge in [-0.25, -0.2) is 0 Å². The SMILES string of the molecule is CCCCCCCCCCCCCCCCCCCCCC(=O)OC(CCCCC)CCCCCC(=O)NCC(=O)O. The van der Waals surface area contributed by atoms with Crippen LogP contribution in [0, 0.1) is 0 Å². The summed E-state index contributed by atoms with van der Waals surface area (Å²) in [7, 11) is 0. The van der Waals surface area contributed by atoms with E-state index in [0.29, 0.717) is 12.8 Å². The van der Waals surface area contributed by atoms with Gasteiger partial charge in [0.2, 0.25) is 5.91 Å². The van der Waals surface area contributed by atoms with E-state index in [0.717, 1.165) is 64.2 Å². The van der Waals surface area contributed by atoms with E-state index in [1.807, 2.05) is 0 Å². The van der Waals surface area contributed by atoms with Gasteiger partial charge >= 0.3 is 11.9 Å². The summed E-state index contributed by atoms with van der Waals surface area (Å²) in [6, 6.07) is 0. The molecule has 0 rings (SSSR count). The molecule has 6 heteroatoms. The maximum absolute atomic E-state index is 12.5. The lowest BCUT2D eigenvalue weighted by atomic mass is 10.0. The molecule has 0 aromatic carbocycles. The monoisotopic (exact) mass is 596 g/mol. The van der Waals surface area contributed by atoms with Gasteiger partial charge in [0.05, 0.1) is 0 Å². The molecule has 42 heavy (non-hydrogen) atoms. The lowest BCUT2D eigenvalue weighted by molar-refractivity contribution is -0.150. The van der Waals surface area contributed by atoms with Crippen LogP contribution in [0.5, 0.6) is 0 Å². The molecular weight excluding hydrogens is 526 g/mol. The first-order valence-corrected chi connectivity index (χ1v) is 18.2. The number of carbonyl (C=O) groups is 3. The van der Waals surface area contributed by atoms with Crippen molar-refractivity contribution in [3.05, 3.63) is 0 Å². The molecule has 248 valence electrons. The van der Waals surface area contributed by atoms with Crippen molar-refractivity contribution < 1.29 is 24.2 Å². The van der Waals surface area contributed by atoms with Gasteiger partial charge in [-0.3, -0.25) is 14.4 Å². The van der Waals surface area contributed by atoms with Gasteiger partial charge in [-0.05, 0) is 38.5 Å². The fourth-order valence-corrected chi connectivity index (χ4v) is 5.57. The molecule has 0 aromatic rings. The highest BCUT2D eigenvalue weighted by Gasteiger charge is 2.14. The molecule has 1 unspecified atom stereocenters. The molecule has 2 N–H and O–H groups in total. The minimum Gasteiger partial charge on any atom is -0.480 e. The summed E-state index contributed by atoms with van der Waals surface area (Å²) in [5.41, 5.74) is 0. The Bertz CT molecular complexity index is 624. The van der Waals surface area contributed by atoms with Crippen LogP contribution >= 0.6 is 0 Å². The largest absolute Gasteiger partial charge is 0.480 e. The van der Waals surface area contributed by atoms with Crippen LogP contribution in [0.4, 0.5) is 0 Å². The summed E-state index contributed by atoms with van der Waals surface area (Å²) in [5.74, 6) is -1.31. The third-order valence-corrected chi connectivity index (χ3v) is 8.28. The Hall–Kier alpha value is -1.59. The quantitative estimate of drug-likeness (QED) is 0.0581. The zero-order valence-corrected chi connectivity index (χ0v) is 27.9. The molecule has 0 aromatic heterocycles. The van der Waals surface area contributed by atoms with Crippen molar-refractivity contribution >= 4 is 17.8 Å². The van der Waals surface area contributed by atoms with Crippen molar-refractivity contribution in [2.75, 3.05) is 6.54 Å². The number of nitrogens with one attached hydrogen (secondary N) is 1. The third-order valence-electron chi connectivity index (χ3n) is 8.28. The molecular formula is C36H69NO5. The van der Waals surface area contributed by atoms with Gasteiger partial charge in [0.25, 0.3) is 0 Å². The smallest absolute Gasteiger partial charge is 0.322 e. The molecule has 0 aliphatic heterocycles. The Labute approximate surface area is 259 Å². The maximum atomic E-state index is 12.5. The number of ether oxygens (including phenoxy) is 1. The number of amides is 1. The fraction of sp³-hybridized carbons (Fsp3) is 0.917. The third kappa shape index (κ3) is 31.3. The summed E-state index contributed by atoms with van der Waals surface area (Å²) < 4.78 is 5.84. The molecule has 0 saturated heterocycles. The lowest BCUT2D eigenvalue weighted by Crippen LogP contribution is -2.28. The highest BCUT2D eigenvalue weighted by molar-refractivity contribution is 5.80. The van der Waals surface area contributed by atoms with Gasteiger partial charge in [0.15, 0.2) is 0 Å². The Morgan fingerprint density at radius 1 is 0.524 bits per heavy atom. The predicted octanol–water partition coefficient (Wildman–Crippen LogP) is 10.5. The number of carbonyl (C=O) groups excluding carboxylic acids is 2. The maximum Gasteiger partial charge on any atom is 0.322 e. The number of carboxylic acids is 1. The zero-order valence-electron chi connectivity index (χ0n) is 27.9. The van der Waals surface area contributed by atoms with Crippen LogP contribution in [0.2, 0.25) is 0 Å². The van der Waals surface area contributed by atoms with Gasteiger partial charge in [-0.1, -0.05) is 149 Å². The number of hydrogen-bond acceptors (Lipinski definition) is 4. The van der Waals surface area contributed by atoms with Gasteiger partial charge in [0, 0.05) is 12.8 Å².